The fourth-order valence-corrected chi connectivity index (χ4v) is 0.985. The molecule has 0 amide bonds. The van der Waals surface area contributed by atoms with E-state index in [1.807, 2.05) is 0 Å². The van der Waals surface area contributed by atoms with Crippen molar-refractivity contribution in [3.8, 4) is 0 Å². The molecular weight excluding hydrogens is 140 g/mol. The third-order valence-corrected chi connectivity index (χ3v) is 1.66. The molecule has 3 nitrogen and oxygen atoms in total. The fraction of sp³-hybridized carbons (Fsp3) is 0.625. The summed E-state index contributed by atoms with van der Waals surface area (Å²) in [5, 5.41) is 3.25. The van der Waals surface area contributed by atoms with E-state index in [1.165, 1.54) is 0 Å². The highest BCUT2D eigenvalue weighted by atomic mass is 16.5. The maximum atomic E-state index is 5.32. The second-order valence-electron chi connectivity index (χ2n) is 2.47. The quantitative estimate of drug-likeness (QED) is 0.553. The van der Waals surface area contributed by atoms with Crippen molar-refractivity contribution in [3.05, 3.63) is 12.3 Å². The Morgan fingerprint density at radius 2 is 2.45 bits per heavy atom. The van der Waals surface area contributed by atoms with Crippen molar-refractivity contribution in [1.82, 2.24) is 5.32 Å². The lowest BCUT2D eigenvalue weighted by atomic mass is 10.3. The van der Waals surface area contributed by atoms with E-state index in [9.17, 15) is 0 Å². The largest absolute Gasteiger partial charge is 0.492 e. The monoisotopic (exact) mass is 154 g/mol. The summed E-state index contributed by atoms with van der Waals surface area (Å²) < 4.78 is 5.32. The molecule has 1 rings (SSSR count). The second kappa shape index (κ2) is 4.13. The first-order valence-corrected chi connectivity index (χ1v) is 3.83. The van der Waals surface area contributed by atoms with Gasteiger partial charge in [0.05, 0.1) is 12.3 Å². The van der Waals surface area contributed by atoms with Crippen LogP contribution in [0.15, 0.2) is 17.3 Å². The highest BCUT2D eigenvalue weighted by Crippen LogP contribution is 2.00. The Balaban J connectivity index is 2.53. The van der Waals surface area contributed by atoms with E-state index in [2.05, 4.69) is 16.9 Å². The van der Waals surface area contributed by atoms with Gasteiger partial charge in [-0.3, -0.25) is 4.99 Å². The van der Waals surface area contributed by atoms with Crippen molar-refractivity contribution in [2.24, 2.45) is 4.99 Å². The summed E-state index contributed by atoms with van der Waals surface area (Å²) in [7, 11) is 1.76. The standard InChI is InChI=1S/C8H14N2O/c1-7-8(9-2)6-10-4-3-5-11-7/h10H,1,3-6H2,2H3. The zero-order valence-corrected chi connectivity index (χ0v) is 6.89. The molecule has 0 bridgehead atoms. The van der Waals surface area contributed by atoms with E-state index < -0.39 is 0 Å². The van der Waals surface area contributed by atoms with Crippen LogP contribution in [0.2, 0.25) is 0 Å². The van der Waals surface area contributed by atoms with Crippen LogP contribution in [0.25, 0.3) is 0 Å². The summed E-state index contributed by atoms with van der Waals surface area (Å²) in [6.07, 6.45) is 1.04. The fourth-order valence-electron chi connectivity index (χ4n) is 0.985. The van der Waals surface area contributed by atoms with E-state index >= 15 is 0 Å². The van der Waals surface area contributed by atoms with Crippen molar-refractivity contribution in [2.75, 3.05) is 26.7 Å². The summed E-state index contributed by atoms with van der Waals surface area (Å²) in [5.41, 5.74) is 0.921. The SMILES string of the molecule is C=C1OCCCNCC1=NC. The first kappa shape index (κ1) is 8.27. The van der Waals surface area contributed by atoms with Crippen LogP contribution in [0.5, 0.6) is 0 Å². The van der Waals surface area contributed by atoms with Crippen molar-refractivity contribution in [2.45, 2.75) is 6.42 Å². The van der Waals surface area contributed by atoms with E-state index in [0.717, 1.165) is 31.8 Å². The van der Waals surface area contributed by atoms with Gasteiger partial charge >= 0.3 is 0 Å². The molecule has 0 unspecified atom stereocenters. The van der Waals surface area contributed by atoms with Crippen LogP contribution in [-0.2, 0) is 4.74 Å². The molecule has 3 heteroatoms. The van der Waals surface area contributed by atoms with Crippen LogP contribution in [0.3, 0.4) is 0 Å². The van der Waals surface area contributed by atoms with Gasteiger partial charge in [0.25, 0.3) is 0 Å². The maximum absolute atomic E-state index is 5.32. The van der Waals surface area contributed by atoms with Gasteiger partial charge in [-0.2, -0.15) is 0 Å². The second-order valence-corrected chi connectivity index (χ2v) is 2.47. The van der Waals surface area contributed by atoms with Crippen molar-refractivity contribution in [1.29, 1.82) is 0 Å². The van der Waals surface area contributed by atoms with Crippen LogP contribution in [-0.4, -0.2) is 32.5 Å². The Kier molecular flexibility index (Phi) is 3.11. The Labute approximate surface area is 67.2 Å². The zero-order chi connectivity index (χ0) is 8.10. The summed E-state index contributed by atoms with van der Waals surface area (Å²) >= 11 is 0. The van der Waals surface area contributed by atoms with Crippen LogP contribution in [0.4, 0.5) is 0 Å². The average Bonchev–Trinajstić information content (AvgIpc) is 1.98. The molecule has 1 aliphatic heterocycles. The number of ether oxygens (including phenoxy) is 1. The number of hydrogen-bond acceptors (Lipinski definition) is 3. The van der Waals surface area contributed by atoms with Crippen molar-refractivity contribution >= 4 is 5.71 Å². The van der Waals surface area contributed by atoms with Crippen LogP contribution < -0.4 is 5.32 Å². The summed E-state index contributed by atoms with van der Waals surface area (Å²) in [4.78, 5) is 4.06. The van der Waals surface area contributed by atoms with E-state index in [0.29, 0.717) is 5.76 Å². The third kappa shape index (κ3) is 2.35. The Morgan fingerprint density at radius 3 is 3.18 bits per heavy atom. The molecule has 1 saturated heterocycles. The predicted octanol–water partition coefficient (Wildman–Crippen LogP) is 0.581. The number of nitrogens with one attached hydrogen (secondary N) is 1. The molecule has 0 radical (unpaired) electrons. The predicted molar refractivity (Wildman–Crippen MR) is 45.9 cm³/mol. The molecule has 11 heavy (non-hydrogen) atoms. The van der Waals surface area contributed by atoms with Crippen molar-refractivity contribution in [3.63, 3.8) is 0 Å². The first-order chi connectivity index (χ1) is 5.34. The molecule has 1 heterocycles. The van der Waals surface area contributed by atoms with Gasteiger partial charge in [-0.1, -0.05) is 6.58 Å². The molecule has 1 aliphatic rings. The van der Waals surface area contributed by atoms with E-state index in [1.54, 1.807) is 7.05 Å². The van der Waals surface area contributed by atoms with Crippen LogP contribution in [0.1, 0.15) is 6.42 Å². The van der Waals surface area contributed by atoms with Gasteiger partial charge in [0.15, 0.2) is 0 Å². The average molecular weight is 154 g/mol. The number of aliphatic imine (C=N–C) groups is 1. The zero-order valence-electron chi connectivity index (χ0n) is 6.89. The molecule has 0 saturated carbocycles. The first-order valence-electron chi connectivity index (χ1n) is 3.83. The van der Waals surface area contributed by atoms with Gasteiger partial charge in [-0.25, -0.2) is 0 Å². The smallest absolute Gasteiger partial charge is 0.134 e. The maximum Gasteiger partial charge on any atom is 0.134 e. The number of nitrogens with zero attached hydrogens (tertiary/aromatic N) is 1. The molecule has 0 aromatic heterocycles. The van der Waals surface area contributed by atoms with Gasteiger partial charge in [0.2, 0.25) is 0 Å². The number of hydrogen-bond donors (Lipinski definition) is 1. The highest BCUT2D eigenvalue weighted by molar-refractivity contribution is 5.99. The summed E-state index contributed by atoms with van der Waals surface area (Å²) in [5.74, 6) is 0.708. The molecule has 1 N–H and O–H groups in total. The van der Waals surface area contributed by atoms with Gasteiger partial charge in [0.1, 0.15) is 5.76 Å². The number of rotatable bonds is 0. The Hall–Kier alpha value is -0.830. The van der Waals surface area contributed by atoms with Gasteiger partial charge in [-0.05, 0) is 13.0 Å². The highest BCUT2D eigenvalue weighted by Gasteiger charge is 2.07. The van der Waals surface area contributed by atoms with Gasteiger partial charge < -0.3 is 10.1 Å². The molecule has 0 atom stereocenters. The molecule has 0 aromatic carbocycles. The molecule has 62 valence electrons. The molecule has 0 aliphatic carbocycles. The summed E-state index contributed by atoms with van der Waals surface area (Å²) in [6.45, 7) is 6.28. The summed E-state index contributed by atoms with van der Waals surface area (Å²) in [6, 6.07) is 0. The molecule has 1 fully saturated rings. The van der Waals surface area contributed by atoms with E-state index in [-0.39, 0.29) is 0 Å². The Morgan fingerprint density at radius 1 is 1.64 bits per heavy atom. The van der Waals surface area contributed by atoms with Crippen molar-refractivity contribution < 1.29 is 4.74 Å². The lowest BCUT2D eigenvalue weighted by Gasteiger charge is -2.15. The molecule has 0 aromatic rings. The van der Waals surface area contributed by atoms with E-state index in [4.69, 9.17) is 4.74 Å². The Bertz CT molecular complexity index is 175. The topological polar surface area (TPSA) is 33.6 Å². The minimum absolute atomic E-state index is 0.708. The van der Waals surface area contributed by atoms with Crippen LogP contribution >= 0.6 is 0 Å². The van der Waals surface area contributed by atoms with Gasteiger partial charge in [-0.15, -0.1) is 0 Å². The minimum atomic E-state index is 0.708. The normalized spacial score (nSPS) is 24.1. The lowest BCUT2D eigenvalue weighted by molar-refractivity contribution is 0.222. The van der Waals surface area contributed by atoms with Gasteiger partial charge in [0, 0.05) is 13.6 Å². The third-order valence-electron chi connectivity index (χ3n) is 1.66. The molecule has 0 spiro atoms. The minimum Gasteiger partial charge on any atom is -0.492 e. The van der Waals surface area contributed by atoms with Crippen LogP contribution in [0, 0.1) is 0 Å². The molecular formula is C8H14N2O. The lowest BCUT2D eigenvalue weighted by Crippen LogP contribution is -2.29.